The largest absolute Gasteiger partial charge is 0.405 e. The van der Waals surface area contributed by atoms with Gasteiger partial charge in [0.25, 0.3) is 0 Å². The van der Waals surface area contributed by atoms with E-state index in [0.29, 0.717) is 32.6 Å². The first-order valence-electron chi connectivity index (χ1n) is 7.26. The Labute approximate surface area is 143 Å². The monoisotopic (exact) mass is 371 g/mol. The van der Waals surface area contributed by atoms with Crippen LogP contribution >= 0.6 is 23.7 Å². The van der Waals surface area contributed by atoms with Crippen molar-refractivity contribution in [3.05, 3.63) is 22.4 Å². The van der Waals surface area contributed by atoms with Crippen LogP contribution in [-0.2, 0) is 11.2 Å². The Kier molecular flexibility index (Phi) is 8.32. The Balaban J connectivity index is 0.00000264. The van der Waals surface area contributed by atoms with E-state index in [9.17, 15) is 18.0 Å². The summed E-state index contributed by atoms with van der Waals surface area (Å²) in [5.74, 6) is -0.337. The van der Waals surface area contributed by atoms with Gasteiger partial charge in [0.2, 0.25) is 5.91 Å². The summed E-state index contributed by atoms with van der Waals surface area (Å²) in [5, 5.41) is 9.31. The maximum atomic E-state index is 13.2. The van der Waals surface area contributed by atoms with Crippen molar-refractivity contribution in [2.24, 2.45) is 0 Å². The van der Waals surface area contributed by atoms with Gasteiger partial charge < -0.3 is 10.6 Å². The summed E-state index contributed by atoms with van der Waals surface area (Å²) in [6.07, 6.45) is -3.57. The number of hydrogen-bond acceptors (Lipinski definition) is 4. The number of halogens is 4. The number of alkyl halides is 3. The van der Waals surface area contributed by atoms with Gasteiger partial charge in [0, 0.05) is 39.1 Å². The van der Waals surface area contributed by atoms with Crippen LogP contribution in [0.4, 0.5) is 13.2 Å². The van der Waals surface area contributed by atoms with E-state index in [1.165, 1.54) is 16.2 Å². The number of nitrogens with one attached hydrogen (secondary N) is 2. The number of carbonyl (C=O) groups excluding carboxylic acids is 1. The van der Waals surface area contributed by atoms with Crippen molar-refractivity contribution in [1.82, 2.24) is 15.5 Å². The smallest absolute Gasteiger partial charge is 0.354 e. The van der Waals surface area contributed by atoms with Crippen molar-refractivity contribution in [2.75, 3.05) is 32.7 Å². The Hall–Kier alpha value is -0.830. The van der Waals surface area contributed by atoms with Crippen molar-refractivity contribution in [3.8, 4) is 0 Å². The van der Waals surface area contributed by atoms with Crippen molar-refractivity contribution < 1.29 is 18.0 Å². The number of thiophene rings is 1. The summed E-state index contributed by atoms with van der Waals surface area (Å²) in [4.78, 5) is 13.1. The molecule has 1 aliphatic rings. The van der Waals surface area contributed by atoms with Crippen LogP contribution in [-0.4, -0.2) is 55.7 Å². The van der Waals surface area contributed by atoms with Gasteiger partial charge in [-0.2, -0.15) is 24.5 Å². The summed E-state index contributed by atoms with van der Waals surface area (Å²) in [7, 11) is 0. The van der Waals surface area contributed by atoms with E-state index >= 15 is 0 Å². The number of rotatable bonds is 6. The molecule has 0 aromatic carbocycles. The van der Waals surface area contributed by atoms with Gasteiger partial charge in [0.05, 0.1) is 0 Å². The van der Waals surface area contributed by atoms with Gasteiger partial charge in [0.15, 0.2) is 0 Å². The lowest BCUT2D eigenvalue weighted by Crippen LogP contribution is -2.57. The van der Waals surface area contributed by atoms with Crippen molar-refractivity contribution in [2.45, 2.75) is 25.1 Å². The minimum absolute atomic E-state index is 0. The molecule has 23 heavy (non-hydrogen) atoms. The van der Waals surface area contributed by atoms with Crippen molar-refractivity contribution >= 4 is 29.7 Å². The molecule has 1 atom stereocenters. The molecule has 0 spiro atoms. The van der Waals surface area contributed by atoms with Gasteiger partial charge in [-0.15, -0.1) is 12.4 Å². The predicted molar refractivity (Wildman–Crippen MR) is 87.2 cm³/mol. The number of piperazine rings is 1. The fourth-order valence-corrected chi connectivity index (χ4v) is 3.14. The van der Waals surface area contributed by atoms with E-state index in [-0.39, 0.29) is 31.3 Å². The lowest BCUT2D eigenvalue weighted by atomic mass is 10.1. The van der Waals surface area contributed by atoms with Crippen LogP contribution in [0, 0.1) is 0 Å². The molecule has 132 valence electrons. The maximum absolute atomic E-state index is 13.2. The Bertz CT molecular complexity index is 464. The summed E-state index contributed by atoms with van der Waals surface area (Å²) in [6.45, 7) is 1.38. The van der Waals surface area contributed by atoms with E-state index in [1.54, 1.807) is 0 Å². The van der Waals surface area contributed by atoms with Gasteiger partial charge in [-0.1, -0.05) is 0 Å². The predicted octanol–water partition coefficient (Wildman–Crippen LogP) is 2.05. The summed E-state index contributed by atoms with van der Waals surface area (Å²) >= 11 is 1.54. The molecule has 1 amide bonds. The molecule has 2 rings (SSSR count). The van der Waals surface area contributed by atoms with Crippen LogP contribution in [0.5, 0.6) is 0 Å². The quantitative estimate of drug-likeness (QED) is 0.804. The van der Waals surface area contributed by atoms with Gasteiger partial charge >= 0.3 is 6.18 Å². The first-order chi connectivity index (χ1) is 10.5. The summed E-state index contributed by atoms with van der Waals surface area (Å²) in [6, 6.07) is 0.302. The highest BCUT2D eigenvalue weighted by Crippen LogP contribution is 2.24. The standard InChI is InChI=1S/C14H20F3N3OS.ClH/c15-14(16,17)12(20-6-4-18-5-7-20)9-19-13(21)2-1-11-3-8-22-10-11;/h3,8,10,12,18H,1-2,4-7,9H2,(H,19,21);1H. The summed E-state index contributed by atoms with van der Waals surface area (Å²) in [5.41, 5.74) is 1.04. The molecule has 2 heterocycles. The van der Waals surface area contributed by atoms with Crippen LogP contribution in [0.1, 0.15) is 12.0 Å². The SMILES string of the molecule is Cl.O=C(CCc1ccsc1)NCC(N1CCNCC1)C(F)(F)F. The van der Waals surface area contributed by atoms with Crippen LogP contribution in [0.2, 0.25) is 0 Å². The maximum Gasteiger partial charge on any atom is 0.405 e. The topological polar surface area (TPSA) is 44.4 Å². The molecule has 1 aromatic heterocycles. The Morgan fingerprint density at radius 1 is 1.39 bits per heavy atom. The number of hydrogen-bond donors (Lipinski definition) is 2. The molecular formula is C14H21ClF3N3OS. The van der Waals surface area contributed by atoms with Gasteiger partial charge in [-0.3, -0.25) is 9.69 Å². The third-order valence-electron chi connectivity index (χ3n) is 3.68. The number of amides is 1. The van der Waals surface area contributed by atoms with E-state index in [4.69, 9.17) is 0 Å². The fourth-order valence-electron chi connectivity index (χ4n) is 2.44. The van der Waals surface area contributed by atoms with Crippen molar-refractivity contribution in [3.63, 3.8) is 0 Å². The fraction of sp³-hybridized carbons (Fsp3) is 0.643. The highest BCUT2D eigenvalue weighted by atomic mass is 35.5. The van der Waals surface area contributed by atoms with Gasteiger partial charge in [-0.05, 0) is 28.8 Å². The average Bonchev–Trinajstić information content (AvgIpc) is 2.98. The van der Waals surface area contributed by atoms with E-state index < -0.39 is 12.2 Å². The molecule has 0 radical (unpaired) electrons. The third kappa shape index (κ3) is 6.66. The summed E-state index contributed by atoms with van der Waals surface area (Å²) < 4.78 is 39.5. The number of nitrogens with zero attached hydrogens (tertiary/aromatic N) is 1. The molecule has 0 bridgehead atoms. The normalized spacial score (nSPS) is 17.3. The molecule has 1 unspecified atom stereocenters. The molecular weight excluding hydrogens is 351 g/mol. The molecule has 4 nitrogen and oxygen atoms in total. The average molecular weight is 372 g/mol. The molecule has 9 heteroatoms. The van der Waals surface area contributed by atoms with E-state index in [1.807, 2.05) is 16.8 Å². The zero-order valence-corrected chi connectivity index (χ0v) is 14.2. The van der Waals surface area contributed by atoms with Crippen molar-refractivity contribution in [1.29, 1.82) is 0 Å². The first-order valence-corrected chi connectivity index (χ1v) is 8.20. The van der Waals surface area contributed by atoms with Crippen LogP contribution in [0.25, 0.3) is 0 Å². The molecule has 1 aliphatic heterocycles. The van der Waals surface area contributed by atoms with Gasteiger partial charge in [-0.25, -0.2) is 0 Å². The van der Waals surface area contributed by atoms with E-state index in [2.05, 4.69) is 10.6 Å². The second-order valence-corrected chi connectivity index (χ2v) is 6.06. The minimum atomic E-state index is -4.34. The zero-order chi connectivity index (χ0) is 16.0. The minimum Gasteiger partial charge on any atom is -0.354 e. The van der Waals surface area contributed by atoms with E-state index in [0.717, 1.165) is 5.56 Å². The highest BCUT2D eigenvalue weighted by Gasteiger charge is 2.43. The second kappa shape index (κ2) is 9.46. The number of carbonyl (C=O) groups is 1. The van der Waals surface area contributed by atoms with Gasteiger partial charge in [0.1, 0.15) is 6.04 Å². The molecule has 1 aromatic rings. The number of aryl methyl sites for hydroxylation is 1. The molecule has 0 aliphatic carbocycles. The Morgan fingerprint density at radius 2 is 2.09 bits per heavy atom. The van der Waals surface area contributed by atoms with Crippen LogP contribution in [0.15, 0.2) is 16.8 Å². The first kappa shape index (κ1) is 20.2. The third-order valence-corrected chi connectivity index (χ3v) is 4.42. The molecule has 1 fully saturated rings. The van der Waals surface area contributed by atoms with Crippen LogP contribution in [0.3, 0.4) is 0 Å². The molecule has 2 N–H and O–H groups in total. The Morgan fingerprint density at radius 3 is 2.65 bits per heavy atom. The molecule has 1 saturated heterocycles. The zero-order valence-electron chi connectivity index (χ0n) is 12.6. The second-order valence-electron chi connectivity index (χ2n) is 5.28. The lowest BCUT2D eigenvalue weighted by Gasteiger charge is -2.35. The van der Waals surface area contributed by atoms with Crippen LogP contribution < -0.4 is 10.6 Å². The lowest BCUT2D eigenvalue weighted by molar-refractivity contribution is -0.184. The molecule has 0 saturated carbocycles. The highest BCUT2D eigenvalue weighted by molar-refractivity contribution is 7.07.